The molecule has 0 radical (unpaired) electrons. The number of para-hydroxylation sites is 4. The van der Waals surface area contributed by atoms with Crippen LogP contribution < -0.4 is 0 Å². The summed E-state index contributed by atoms with van der Waals surface area (Å²) >= 11 is 1.87. The minimum Gasteiger partial charge on any atom is -0.308 e. The molecule has 0 atom stereocenters. The first-order chi connectivity index (χ1) is 28.3. The molecule has 0 saturated carbocycles. The van der Waals surface area contributed by atoms with Gasteiger partial charge in [0.15, 0.2) is 0 Å². The second kappa shape index (κ2) is 12.6. The molecule has 0 unspecified atom stereocenters. The number of fused-ring (bicyclic) bond motifs is 9. The summed E-state index contributed by atoms with van der Waals surface area (Å²) in [4.78, 5) is 5.64. The molecule has 4 aromatic heterocycles. The lowest BCUT2D eigenvalue weighted by molar-refractivity contribution is 1.15. The van der Waals surface area contributed by atoms with Crippen molar-refractivity contribution in [3.8, 4) is 45.0 Å². The van der Waals surface area contributed by atoms with Crippen molar-refractivity contribution in [3.05, 3.63) is 200 Å². The van der Waals surface area contributed by atoms with Gasteiger partial charge in [-0.1, -0.05) is 152 Å². The number of aromatic nitrogens is 3. The van der Waals surface area contributed by atoms with Gasteiger partial charge in [0.2, 0.25) is 0 Å². The number of rotatable bonds is 5. The van der Waals surface area contributed by atoms with Crippen LogP contribution in [0.25, 0.3) is 109 Å². The van der Waals surface area contributed by atoms with E-state index in [0.29, 0.717) is 0 Å². The Morgan fingerprint density at radius 1 is 0.351 bits per heavy atom. The van der Waals surface area contributed by atoms with Crippen LogP contribution in [0.1, 0.15) is 0 Å². The number of pyridine rings is 1. The van der Waals surface area contributed by atoms with E-state index in [1.807, 2.05) is 11.3 Å². The molecule has 4 heterocycles. The second-order valence-corrected chi connectivity index (χ2v) is 15.7. The van der Waals surface area contributed by atoms with Gasteiger partial charge < -0.3 is 9.13 Å². The van der Waals surface area contributed by atoms with Crippen LogP contribution >= 0.6 is 11.3 Å². The van der Waals surface area contributed by atoms with Crippen LogP contribution in [0.5, 0.6) is 0 Å². The molecular weight excluding hydrogens is 711 g/mol. The van der Waals surface area contributed by atoms with Crippen LogP contribution in [-0.4, -0.2) is 14.1 Å². The fourth-order valence-corrected chi connectivity index (χ4v) is 10.3. The van der Waals surface area contributed by atoms with Gasteiger partial charge in [0.05, 0.1) is 49.5 Å². The maximum absolute atomic E-state index is 5.64. The number of thiophene rings is 1. The zero-order valence-corrected chi connectivity index (χ0v) is 31.6. The number of hydrogen-bond donors (Lipinski definition) is 0. The van der Waals surface area contributed by atoms with Crippen molar-refractivity contribution in [1.82, 2.24) is 14.1 Å². The van der Waals surface area contributed by atoms with Gasteiger partial charge in [0, 0.05) is 48.1 Å². The molecule has 0 spiro atoms. The Balaban J connectivity index is 1.32. The van der Waals surface area contributed by atoms with Crippen molar-refractivity contribution in [1.29, 1.82) is 0 Å². The van der Waals surface area contributed by atoms with Gasteiger partial charge in [-0.25, -0.2) is 4.98 Å². The van der Waals surface area contributed by atoms with E-state index in [1.165, 1.54) is 52.8 Å². The van der Waals surface area contributed by atoms with E-state index in [1.54, 1.807) is 0 Å². The fraction of sp³-hybridized carbons (Fsp3) is 0. The summed E-state index contributed by atoms with van der Waals surface area (Å²) in [6.07, 6.45) is 0. The molecule has 0 saturated heterocycles. The van der Waals surface area contributed by atoms with Gasteiger partial charge in [-0.15, -0.1) is 11.3 Å². The lowest BCUT2D eigenvalue weighted by Gasteiger charge is -2.20. The van der Waals surface area contributed by atoms with Gasteiger partial charge in [-0.2, -0.15) is 0 Å². The third-order valence-electron chi connectivity index (χ3n) is 11.5. The number of hydrogen-bond acceptors (Lipinski definition) is 2. The molecule has 266 valence electrons. The first-order valence-electron chi connectivity index (χ1n) is 19.4. The number of benzene rings is 8. The third kappa shape index (κ3) is 4.88. The molecule has 3 nitrogen and oxygen atoms in total. The Labute approximate surface area is 333 Å². The molecular formula is C53H33N3S. The maximum atomic E-state index is 5.64. The van der Waals surface area contributed by atoms with Crippen LogP contribution in [0.2, 0.25) is 0 Å². The summed E-state index contributed by atoms with van der Waals surface area (Å²) in [5.41, 5.74) is 13.3. The van der Waals surface area contributed by atoms with E-state index in [-0.39, 0.29) is 0 Å². The quantitative estimate of drug-likeness (QED) is 0.172. The minimum absolute atomic E-state index is 0.939. The van der Waals surface area contributed by atoms with Crippen molar-refractivity contribution in [3.63, 3.8) is 0 Å². The van der Waals surface area contributed by atoms with Crippen LogP contribution in [-0.2, 0) is 0 Å². The third-order valence-corrected chi connectivity index (χ3v) is 12.7. The van der Waals surface area contributed by atoms with Crippen molar-refractivity contribution < 1.29 is 0 Å². The van der Waals surface area contributed by atoms with E-state index in [0.717, 1.165) is 56.0 Å². The Kier molecular flexibility index (Phi) is 7.10. The number of nitrogens with zero attached hydrogens (tertiary/aromatic N) is 3. The standard InChI is InChI=1S/C53H33N3S/c1-3-17-34(18-4-1)36-31-42(35-19-5-2-6-20-35)54-43(32-36)52-48(55-44-26-12-7-21-37(44)38-22-8-13-27-45(38)55)33-49(53-51(52)41-25-11-16-30-50(41)57-53)56-46-28-14-9-23-39(46)40-24-10-15-29-47(40)56/h1-33H. The summed E-state index contributed by atoms with van der Waals surface area (Å²) < 4.78 is 7.46. The van der Waals surface area contributed by atoms with Crippen LogP contribution in [0.15, 0.2) is 200 Å². The summed E-state index contributed by atoms with van der Waals surface area (Å²) in [6, 6.07) is 72.5. The van der Waals surface area contributed by atoms with E-state index < -0.39 is 0 Å². The van der Waals surface area contributed by atoms with Gasteiger partial charge in [-0.3, -0.25) is 0 Å². The Morgan fingerprint density at radius 2 is 0.789 bits per heavy atom. The molecule has 0 aliphatic heterocycles. The molecule has 0 aliphatic rings. The average molecular weight is 744 g/mol. The summed E-state index contributed by atoms with van der Waals surface area (Å²) in [7, 11) is 0. The van der Waals surface area contributed by atoms with E-state index in [4.69, 9.17) is 4.98 Å². The molecule has 0 fully saturated rings. The minimum atomic E-state index is 0.939. The zero-order chi connectivity index (χ0) is 37.5. The van der Waals surface area contributed by atoms with Crippen LogP contribution in [0.4, 0.5) is 0 Å². The Bertz CT molecular complexity index is 3350. The fourth-order valence-electron chi connectivity index (χ4n) is 9.05. The van der Waals surface area contributed by atoms with Crippen LogP contribution in [0, 0.1) is 0 Å². The Hall–Kier alpha value is -7.27. The SMILES string of the molecule is c1ccc(-c2cc(-c3ccccc3)nc(-c3c(-n4c5ccccc5c5ccccc54)cc(-n4c5ccccc5c5ccccc54)c4sc5ccccc5c34)c2)cc1. The molecule has 57 heavy (non-hydrogen) atoms. The molecule has 0 aliphatic carbocycles. The molecule has 12 rings (SSSR count). The summed E-state index contributed by atoms with van der Waals surface area (Å²) in [6.45, 7) is 0. The highest BCUT2D eigenvalue weighted by Gasteiger charge is 2.26. The topological polar surface area (TPSA) is 22.8 Å². The highest BCUT2D eigenvalue weighted by Crippen LogP contribution is 2.49. The van der Waals surface area contributed by atoms with Crippen molar-refractivity contribution in [2.45, 2.75) is 0 Å². The van der Waals surface area contributed by atoms with Gasteiger partial charge in [-0.05, 0) is 59.7 Å². The van der Waals surface area contributed by atoms with Crippen molar-refractivity contribution >= 4 is 75.1 Å². The average Bonchev–Trinajstić information content (AvgIpc) is 3.95. The zero-order valence-electron chi connectivity index (χ0n) is 30.8. The van der Waals surface area contributed by atoms with Crippen molar-refractivity contribution in [2.24, 2.45) is 0 Å². The van der Waals surface area contributed by atoms with Crippen molar-refractivity contribution in [2.75, 3.05) is 0 Å². The molecule has 12 aromatic rings. The predicted molar refractivity (Wildman–Crippen MR) is 242 cm³/mol. The molecule has 0 bridgehead atoms. The molecule has 4 heteroatoms. The van der Waals surface area contributed by atoms with E-state index in [2.05, 4.69) is 209 Å². The Morgan fingerprint density at radius 3 is 1.35 bits per heavy atom. The van der Waals surface area contributed by atoms with E-state index in [9.17, 15) is 0 Å². The lowest BCUT2D eigenvalue weighted by atomic mass is 9.95. The van der Waals surface area contributed by atoms with E-state index >= 15 is 0 Å². The second-order valence-electron chi connectivity index (χ2n) is 14.7. The summed E-state index contributed by atoms with van der Waals surface area (Å²) in [5, 5.41) is 7.38. The maximum Gasteiger partial charge on any atom is 0.0743 e. The largest absolute Gasteiger partial charge is 0.308 e. The monoisotopic (exact) mass is 743 g/mol. The summed E-state index contributed by atoms with van der Waals surface area (Å²) in [5.74, 6) is 0. The molecule has 8 aromatic carbocycles. The predicted octanol–water partition coefficient (Wildman–Crippen LogP) is 14.6. The molecule has 0 N–H and O–H groups in total. The van der Waals surface area contributed by atoms with Crippen LogP contribution in [0.3, 0.4) is 0 Å². The highest BCUT2D eigenvalue weighted by molar-refractivity contribution is 7.26. The first kappa shape index (κ1) is 32.0. The first-order valence-corrected chi connectivity index (χ1v) is 20.2. The lowest BCUT2D eigenvalue weighted by Crippen LogP contribution is -2.03. The molecule has 0 amide bonds. The smallest absolute Gasteiger partial charge is 0.0743 e. The van der Waals surface area contributed by atoms with Gasteiger partial charge >= 0.3 is 0 Å². The normalized spacial score (nSPS) is 11.9. The van der Waals surface area contributed by atoms with Gasteiger partial charge in [0.1, 0.15) is 0 Å². The van der Waals surface area contributed by atoms with Gasteiger partial charge in [0.25, 0.3) is 0 Å². The highest BCUT2D eigenvalue weighted by atomic mass is 32.1.